The summed E-state index contributed by atoms with van der Waals surface area (Å²) < 4.78 is 16.8. The van der Waals surface area contributed by atoms with E-state index in [-0.39, 0.29) is 18.1 Å². The number of aromatic amines is 1. The lowest BCUT2D eigenvalue weighted by atomic mass is 9.97. The Hall–Kier alpha value is -3.17. The van der Waals surface area contributed by atoms with Crippen LogP contribution < -0.4 is 15.0 Å². The third kappa shape index (κ3) is 5.26. The van der Waals surface area contributed by atoms with Gasteiger partial charge < -0.3 is 24.1 Å². The summed E-state index contributed by atoms with van der Waals surface area (Å²) in [4.78, 5) is 36.7. The largest absolute Gasteiger partial charge is 0.490 e. The quantitative estimate of drug-likeness (QED) is 0.538. The van der Waals surface area contributed by atoms with Crippen LogP contribution in [0.1, 0.15) is 41.6 Å². The number of amides is 1. The Labute approximate surface area is 207 Å². The van der Waals surface area contributed by atoms with Crippen molar-refractivity contribution < 1.29 is 19.0 Å². The molecule has 1 aromatic carbocycles. The molecule has 0 atom stereocenters. The minimum atomic E-state index is -0.0715. The van der Waals surface area contributed by atoms with E-state index in [0.717, 1.165) is 35.0 Å². The van der Waals surface area contributed by atoms with Crippen molar-refractivity contribution >= 4 is 39.6 Å². The summed E-state index contributed by atoms with van der Waals surface area (Å²) >= 11 is 1.64. The number of H-pyrrole nitrogens is 1. The number of hydrogen-bond acceptors (Lipinski definition) is 7. The van der Waals surface area contributed by atoms with E-state index in [0.29, 0.717) is 50.2 Å². The normalized spacial score (nSPS) is 16.0. The highest BCUT2D eigenvalue weighted by Crippen LogP contribution is 2.34. The van der Waals surface area contributed by atoms with Crippen LogP contribution >= 0.6 is 11.3 Å². The number of carbonyl (C=O) groups is 1. The summed E-state index contributed by atoms with van der Waals surface area (Å²) in [6.45, 7) is 4.59. The maximum absolute atomic E-state index is 12.8. The number of aryl methyl sites for hydroxylation is 2. The van der Waals surface area contributed by atoms with Crippen molar-refractivity contribution in [3.63, 3.8) is 0 Å². The Balaban J connectivity index is 1.32. The van der Waals surface area contributed by atoms with Crippen LogP contribution in [-0.2, 0) is 22.4 Å². The summed E-state index contributed by atoms with van der Waals surface area (Å²) in [6.07, 6.45) is 7.97. The number of morpholine rings is 1. The summed E-state index contributed by atoms with van der Waals surface area (Å²) in [7, 11) is 0. The predicted molar refractivity (Wildman–Crippen MR) is 136 cm³/mol. The van der Waals surface area contributed by atoms with Gasteiger partial charge in [0.1, 0.15) is 10.7 Å². The number of nitrogens with zero attached hydrogens (tertiary/aromatic N) is 2. The summed E-state index contributed by atoms with van der Waals surface area (Å²) in [5.41, 5.74) is 1.98. The van der Waals surface area contributed by atoms with E-state index in [1.54, 1.807) is 28.4 Å². The number of nitrogens with one attached hydrogen (secondary N) is 1. The minimum Gasteiger partial charge on any atom is -0.490 e. The van der Waals surface area contributed by atoms with Gasteiger partial charge in [0, 0.05) is 18.0 Å². The maximum atomic E-state index is 12.8. The number of hydrogen-bond donors (Lipinski definition) is 1. The van der Waals surface area contributed by atoms with Crippen LogP contribution in [0.2, 0.25) is 0 Å². The zero-order valence-electron chi connectivity index (χ0n) is 19.8. The van der Waals surface area contributed by atoms with Crippen molar-refractivity contribution in [1.82, 2.24) is 14.9 Å². The molecular weight excluding hydrogens is 466 g/mol. The summed E-state index contributed by atoms with van der Waals surface area (Å²) in [6, 6.07) is 5.53. The van der Waals surface area contributed by atoms with Crippen molar-refractivity contribution in [1.29, 1.82) is 0 Å². The third-order valence-corrected chi connectivity index (χ3v) is 7.45. The zero-order valence-corrected chi connectivity index (χ0v) is 20.6. The highest BCUT2D eigenvalue weighted by molar-refractivity contribution is 7.18. The Morgan fingerprint density at radius 3 is 2.83 bits per heavy atom. The molecule has 184 valence electrons. The van der Waals surface area contributed by atoms with E-state index >= 15 is 0 Å². The number of thiophene rings is 1. The van der Waals surface area contributed by atoms with Gasteiger partial charge in [-0.1, -0.05) is 12.1 Å². The first-order valence-electron chi connectivity index (χ1n) is 12.1. The Bertz CT molecular complexity index is 1310. The SMILES string of the molecule is CCOc1cc(C=Cc2nc3sc4c(c3c(=O)[nH]2)CCCC4)ccc1OCC(=O)N1CCOCC1. The van der Waals surface area contributed by atoms with E-state index < -0.39 is 0 Å². The number of aromatic nitrogens is 2. The van der Waals surface area contributed by atoms with Gasteiger partial charge in [0.15, 0.2) is 18.1 Å². The van der Waals surface area contributed by atoms with Crippen LogP contribution in [0, 0.1) is 0 Å². The molecule has 0 spiro atoms. The van der Waals surface area contributed by atoms with Crippen LogP contribution in [0.25, 0.3) is 22.4 Å². The molecule has 3 aromatic rings. The monoisotopic (exact) mass is 495 g/mol. The molecule has 1 N–H and O–H groups in total. The molecule has 3 heterocycles. The third-order valence-electron chi connectivity index (χ3n) is 6.26. The number of fused-ring (bicyclic) bond motifs is 3. The predicted octanol–water partition coefficient (Wildman–Crippen LogP) is 3.67. The van der Waals surface area contributed by atoms with Gasteiger partial charge in [-0.15, -0.1) is 11.3 Å². The lowest BCUT2D eigenvalue weighted by Crippen LogP contribution is -2.43. The summed E-state index contributed by atoms with van der Waals surface area (Å²) in [5, 5.41) is 0.758. The summed E-state index contributed by atoms with van der Waals surface area (Å²) in [5.74, 6) is 1.53. The van der Waals surface area contributed by atoms with Crippen LogP contribution in [0.4, 0.5) is 0 Å². The van der Waals surface area contributed by atoms with E-state index in [1.807, 2.05) is 25.1 Å². The first-order chi connectivity index (χ1) is 17.1. The standard InChI is InChI=1S/C26H29N3O5S/c1-2-33-20-15-17(7-9-19(20)34-16-23(30)29-11-13-32-14-12-29)8-10-22-27-25(31)24-18-5-3-4-6-21(18)35-26(24)28-22/h7-10,15H,2-6,11-14,16H2,1H3,(H,27,28,31). The van der Waals surface area contributed by atoms with Gasteiger partial charge in [0.25, 0.3) is 11.5 Å². The molecule has 0 unspecified atom stereocenters. The second-order valence-corrected chi connectivity index (χ2v) is 9.68. The molecule has 8 nitrogen and oxygen atoms in total. The smallest absolute Gasteiger partial charge is 0.260 e. The molecule has 2 aliphatic rings. The van der Waals surface area contributed by atoms with Gasteiger partial charge in [-0.2, -0.15) is 0 Å². The number of benzene rings is 1. The Morgan fingerprint density at radius 1 is 1.17 bits per heavy atom. The molecule has 0 radical (unpaired) electrons. The highest BCUT2D eigenvalue weighted by atomic mass is 32.1. The minimum absolute atomic E-state index is 0.0504. The molecule has 1 saturated heterocycles. The first-order valence-corrected chi connectivity index (χ1v) is 12.9. The molecule has 0 bridgehead atoms. The van der Waals surface area contributed by atoms with Crippen molar-refractivity contribution in [2.24, 2.45) is 0 Å². The van der Waals surface area contributed by atoms with E-state index in [9.17, 15) is 9.59 Å². The van der Waals surface area contributed by atoms with Crippen LogP contribution in [0.3, 0.4) is 0 Å². The second kappa shape index (κ2) is 10.6. The Kier molecular flexibility index (Phi) is 7.15. The molecule has 1 fully saturated rings. The molecule has 1 aliphatic carbocycles. The van der Waals surface area contributed by atoms with Gasteiger partial charge >= 0.3 is 0 Å². The molecule has 0 saturated carbocycles. The average Bonchev–Trinajstić information content (AvgIpc) is 3.26. The number of ether oxygens (including phenoxy) is 3. The molecular formula is C26H29N3O5S. The fraction of sp³-hybridized carbons (Fsp3) is 0.423. The average molecular weight is 496 g/mol. The van der Waals surface area contributed by atoms with Crippen LogP contribution in [0.5, 0.6) is 11.5 Å². The van der Waals surface area contributed by atoms with E-state index in [1.165, 1.54) is 16.9 Å². The van der Waals surface area contributed by atoms with Crippen molar-refractivity contribution in [3.05, 3.63) is 50.4 Å². The van der Waals surface area contributed by atoms with Crippen LogP contribution in [0.15, 0.2) is 23.0 Å². The second-order valence-electron chi connectivity index (χ2n) is 8.60. The molecule has 1 amide bonds. The Morgan fingerprint density at radius 2 is 2.00 bits per heavy atom. The van der Waals surface area contributed by atoms with Gasteiger partial charge in [-0.3, -0.25) is 9.59 Å². The molecule has 35 heavy (non-hydrogen) atoms. The highest BCUT2D eigenvalue weighted by Gasteiger charge is 2.20. The lowest BCUT2D eigenvalue weighted by molar-refractivity contribution is -0.137. The van der Waals surface area contributed by atoms with Crippen molar-refractivity contribution in [3.8, 4) is 11.5 Å². The molecule has 1 aliphatic heterocycles. The fourth-order valence-corrected chi connectivity index (χ4v) is 5.76. The first kappa shape index (κ1) is 23.6. The lowest BCUT2D eigenvalue weighted by Gasteiger charge is -2.26. The topological polar surface area (TPSA) is 93.8 Å². The molecule has 9 heteroatoms. The maximum Gasteiger partial charge on any atom is 0.260 e. The van der Waals surface area contributed by atoms with Crippen molar-refractivity contribution in [2.45, 2.75) is 32.6 Å². The van der Waals surface area contributed by atoms with Gasteiger partial charge in [0.2, 0.25) is 0 Å². The van der Waals surface area contributed by atoms with E-state index in [2.05, 4.69) is 4.98 Å². The van der Waals surface area contributed by atoms with Gasteiger partial charge in [-0.05, 0) is 61.9 Å². The number of rotatable bonds is 7. The van der Waals surface area contributed by atoms with E-state index in [4.69, 9.17) is 19.2 Å². The van der Waals surface area contributed by atoms with Crippen molar-refractivity contribution in [2.75, 3.05) is 39.5 Å². The molecule has 5 rings (SSSR count). The fourth-order valence-electron chi connectivity index (χ4n) is 4.49. The van der Waals surface area contributed by atoms with Gasteiger partial charge in [0.05, 0.1) is 25.2 Å². The van der Waals surface area contributed by atoms with Crippen LogP contribution in [-0.4, -0.2) is 60.3 Å². The molecule has 2 aromatic heterocycles. The number of carbonyl (C=O) groups excluding carboxylic acids is 1. The zero-order chi connectivity index (χ0) is 24.2. The van der Waals surface area contributed by atoms with Gasteiger partial charge in [-0.25, -0.2) is 4.98 Å².